The summed E-state index contributed by atoms with van der Waals surface area (Å²) in [6.07, 6.45) is 7.31. The maximum absolute atomic E-state index is 12.5. The van der Waals surface area contributed by atoms with Gasteiger partial charge in [0.05, 0.1) is 5.69 Å². The van der Waals surface area contributed by atoms with Gasteiger partial charge in [-0.3, -0.25) is 4.79 Å². The Morgan fingerprint density at radius 1 is 1.05 bits per heavy atom. The minimum Gasteiger partial charge on any atom is -0.506 e. The van der Waals surface area contributed by atoms with Crippen LogP contribution in [0.25, 0.3) is 16.9 Å². The van der Waals surface area contributed by atoms with Crippen molar-refractivity contribution in [2.45, 2.75) is 31.2 Å². The van der Waals surface area contributed by atoms with E-state index in [9.17, 15) is 9.90 Å². The third kappa shape index (κ3) is 1.70. The predicted octanol–water partition coefficient (Wildman–Crippen LogP) is 3.91. The molecule has 1 spiro atoms. The Labute approximate surface area is 123 Å². The molecule has 4 rings (SSSR count). The van der Waals surface area contributed by atoms with Gasteiger partial charge in [-0.05, 0) is 24.5 Å². The van der Waals surface area contributed by atoms with Crippen LogP contribution < -0.4 is 0 Å². The number of allylic oxidation sites excluding steroid dienone is 1. The molecule has 0 unspecified atom stereocenters. The fourth-order valence-electron chi connectivity index (χ4n) is 3.70. The number of ketones is 1. The molecule has 1 N–H and O–H groups in total. The van der Waals surface area contributed by atoms with Crippen LogP contribution >= 0.6 is 0 Å². The number of hydrogen-bond donors (Lipinski definition) is 1. The highest BCUT2D eigenvalue weighted by Gasteiger charge is 2.45. The first-order valence-corrected chi connectivity index (χ1v) is 7.44. The van der Waals surface area contributed by atoms with Crippen molar-refractivity contribution in [1.29, 1.82) is 0 Å². The maximum atomic E-state index is 12.5. The van der Waals surface area contributed by atoms with E-state index in [2.05, 4.69) is 0 Å². The molecule has 21 heavy (non-hydrogen) atoms. The lowest BCUT2D eigenvalue weighted by Crippen LogP contribution is -2.41. The Morgan fingerprint density at radius 3 is 2.48 bits per heavy atom. The monoisotopic (exact) mass is 279 g/mol. The average molecular weight is 279 g/mol. The van der Waals surface area contributed by atoms with Crippen LogP contribution in [0.15, 0.2) is 48.7 Å². The van der Waals surface area contributed by atoms with Crippen molar-refractivity contribution in [3.05, 3.63) is 54.4 Å². The Morgan fingerprint density at radius 2 is 1.76 bits per heavy atom. The summed E-state index contributed by atoms with van der Waals surface area (Å²) >= 11 is 0. The highest BCUT2D eigenvalue weighted by molar-refractivity contribution is 6.03. The largest absolute Gasteiger partial charge is 0.506 e. The zero-order valence-corrected chi connectivity index (χ0v) is 11.7. The van der Waals surface area contributed by atoms with Crippen LogP contribution in [-0.2, 0) is 10.3 Å². The van der Waals surface area contributed by atoms with E-state index in [4.69, 9.17) is 0 Å². The third-order valence-corrected chi connectivity index (χ3v) is 4.81. The molecule has 3 heteroatoms. The normalized spacial score (nSPS) is 19.6. The molecular formula is C18H17NO2. The molecule has 1 fully saturated rings. The number of fused-ring (bicyclic) bond motifs is 2. The molecule has 1 aromatic carbocycles. The highest BCUT2D eigenvalue weighted by Crippen LogP contribution is 2.44. The molecule has 2 aliphatic rings. The second kappa shape index (κ2) is 4.35. The van der Waals surface area contributed by atoms with Crippen molar-refractivity contribution in [1.82, 2.24) is 4.57 Å². The zero-order chi connectivity index (χ0) is 14.4. The number of nitrogens with zero attached hydrogens (tertiary/aromatic N) is 1. The van der Waals surface area contributed by atoms with E-state index in [0.717, 1.165) is 42.5 Å². The standard InChI is InChI=1S/C18H17NO2/c20-16-11-17(21)18(8-4-5-9-18)19-12-14(10-15(16)19)13-6-2-1-3-7-13/h1-3,6-7,10-12,20H,4-5,8-9H2. The Hall–Kier alpha value is -2.29. The minimum absolute atomic E-state index is 0.0419. The molecular weight excluding hydrogens is 262 g/mol. The molecule has 1 aromatic heterocycles. The zero-order valence-electron chi connectivity index (χ0n) is 11.7. The summed E-state index contributed by atoms with van der Waals surface area (Å²) < 4.78 is 2.01. The van der Waals surface area contributed by atoms with E-state index >= 15 is 0 Å². The summed E-state index contributed by atoms with van der Waals surface area (Å²) in [5.41, 5.74) is 2.45. The van der Waals surface area contributed by atoms with E-state index in [1.54, 1.807) is 0 Å². The van der Waals surface area contributed by atoms with Gasteiger partial charge in [-0.2, -0.15) is 0 Å². The number of aromatic nitrogens is 1. The summed E-state index contributed by atoms with van der Waals surface area (Å²) in [6, 6.07) is 12.1. The van der Waals surface area contributed by atoms with E-state index in [1.165, 1.54) is 6.08 Å². The maximum Gasteiger partial charge on any atom is 0.185 e. The van der Waals surface area contributed by atoms with Crippen molar-refractivity contribution in [3.8, 4) is 11.1 Å². The van der Waals surface area contributed by atoms with Crippen LogP contribution in [-0.4, -0.2) is 15.5 Å². The van der Waals surface area contributed by atoms with Gasteiger partial charge in [-0.15, -0.1) is 0 Å². The number of rotatable bonds is 1. The minimum atomic E-state index is -0.464. The molecule has 0 atom stereocenters. The lowest BCUT2D eigenvalue weighted by atomic mass is 9.88. The Balaban J connectivity index is 1.91. The Kier molecular flexibility index (Phi) is 2.58. The molecule has 0 amide bonds. The van der Waals surface area contributed by atoms with Gasteiger partial charge in [0.15, 0.2) is 5.78 Å². The fraction of sp³-hybridized carbons (Fsp3) is 0.278. The lowest BCUT2D eigenvalue weighted by Gasteiger charge is -2.33. The third-order valence-electron chi connectivity index (χ3n) is 4.81. The SMILES string of the molecule is O=C1C=C(O)c2cc(-c3ccccc3)cn2C12CCCC2. The van der Waals surface area contributed by atoms with Gasteiger partial charge in [-0.1, -0.05) is 43.2 Å². The van der Waals surface area contributed by atoms with Gasteiger partial charge in [0.25, 0.3) is 0 Å². The van der Waals surface area contributed by atoms with Gasteiger partial charge < -0.3 is 9.67 Å². The number of carbonyl (C=O) groups is 1. The first-order chi connectivity index (χ1) is 10.2. The summed E-state index contributed by atoms with van der Waals surface area (Å²) in [4.78, 5) is 12.5. The summed E-state index contributed by atoms with van der Waals surface area (Å²) in [7, 11) is 0. The molecule has 1 aliphatic heterocycles. The van der Waals surface area contributed by atoms with Crippen molar-refractivity contribution in [2.75, 3.05) is 0 Å². The smallest absolute Gasteiger partial charge is 0.185 e. The van der Waals surface area contributed by atoms with Crippen molar-refractivity contribution < 1.29 is 9.90 Å². The summed E-state index contributed by atoms with van der Waals surface area (Å²) in [5, 5.41) is 10.2. The summed E-state index contributed by atoms with van der Waals surface area (Å²) in [6.45, 7) is 0. The van der Waals surface area contributed by atoms with E-state index in [0.29, 0.717) is 0 Å². The topological polar surface area (TPSA) is 42.2 Å². The molecule has 1 aliphatic carbocycles. The average Bonchev–Trinajstić information content (AvgIpc) is 3.15. The number of benzene rings is 1. The van der Waals surface area contributed by atoms with Crippen LogP contribution in [0.3, 0.4) is 0 Å². The van der Waals surface area contributed by atoms with E-state index < -0.39 is 5.54 Å². The Bertz CT molecular complexity index is 734. The van der Waals surface area contributed by atoms with Crippen molar-refractivity contribution >= 4 is 11.5 Å². The summed E-state index contributed by atoms with van der Waals surface area (Å²) in [5.74, 6) is 0.125. The van der Waals surface area contributed by atoms with Gasteiger partial charge in [-0.25, -0.2) is 0 Å². The number of aliphatic hydroxyl groups excluding tert-OH is 1. The first-order valence-electron chi connectivity index (χ1n) is 7.44. The van der Waals surface area contributed by atoms with Gasteiger partial charge >= 0.3 is 0 Å². The van der Waals surface area contributed by atoms with Crippen LogP contribution in [0.1, 0.15) is 31.4 Å². The molecule has 2 heterocycles. The lowest BCUT2D eigenvalue weighted by molar-refractivity contribution is -0.123. The van der Waals surface area contributed by atoms with E-state index in [-0.39, 0.29) is 11.5 Å². The van der Waals surface area contributed by atoms with E-state index in [1.807, 2.05) is 47.2 Å². The van der Waals surface area contributed by atoms with Gasteiger partial charge in [0.2, 0.25) is 0 Å². The number of hydrogen-bond acceptors (Lipinski definition) is 2. The van der Waals surface area contributed by atoms with Gasteiger partial charge in [0.1, 0.15) is 11.3 Å². The van der Waals surface area contributed by atoms with Crippen LogP contribution in [0.5, 0.6) is 0 Å². The second-order valence-corrected chi connectivity index (χ2v) is 5.98. The second-order valence-electron chi connectivity index (χ2n) is 5.98. The molecule has 0 bridgehead atoms. The molecule has 0 radical (unpaired) electrons. The molecule has 106 valence electrons. The molecule has 2 aromatic rings. The molecule has 3 nitrogen and oxygen atoms in total. The van der Waals surface area contributed by atoms with Crippen LogP contribution in [0, 0.1) is 0 Å². The first kappa shape index (κ1) is 12.5. The molecule has 1 saturated carbocycles. The molecule has 0 saturated heterocycles. The van der Waals surface area contributed by atoms with Crippen LogP contribution in [0.2, 0.25) is 0 Å². The van der Waals surface area contributed by atoms with Gasteiger partial charge in [0, 0.05) is 17.8 Å². The number of carbonyl (C=O) groups excluding carboxylic acids is 1. The predicted molar refractivity (Wildman–Crippen MR) is 81.9 cm³/mol. The van der Waals surface area contributed by atoms with Crippen molar-refractivity contribution in [3.63, 3.8) is 0 Å². The quantitative estimate of drug-likeness (QED) is 0.860. The van der Waals surface area contributed by atoms with Crippen LogP contribution in [0.4, 0.5) is 0 Å². The van der Waals surface area contributed by atoms with Crippen molar-refractivity contribution in [2.24, 2.45) is 0 Å². The highest BCUT2D eigenvalue weighted by atomic mass is 16.3. The fourth-order valence-corrected chi connectivity index (χ4v) is 3.70. The number of aliphatic hydroxyl groups is 1.